The summed E-state index contributed by atoms with van der Waals surface area (Å²) in [5, 5.41) is 7.91. The average molecular weight is 223 g/mol. The number of nitrogens with zero attached hydrogens (tertiary/aromatic N) is 2. The lowest BCUT2D eigenvalue weighted by Crippen LogP contribution is -2.21. The van der Waals surface area contributed by atoms with Gasteiger partial charge in [0.25, 0.3) is 0 Å². The van der Waals surface area contributed by atoms with E-state index in [1.165, 1.54) is 23.4 Å². The topological polar surface area (TPSA) is 29.9 Å². The van der Waals surface area contributed by atoms with Crippen molar-refractivity contribution in [1.82, 2.24) is 15.1 Å². The standard InChI is InChI=1S/C13H25N3/c1-10(2)9-14-8-6-7-13-11(3)15-16(5)12(13)4/h10,14H,6-9H2,1-5H3. The van der Waals surface area contributed by atoms with Crippen LogP contribution in [0, 0.1) is 19.8 Å². The number of nitrogens with one attached hydrogen (secondary N) is 1. The third kappa shape index (κ3) is 3.63. The van der Waals surface area contributed by atoms with Crippen molar-refractivity contribution in [2.24, 2.45) is 13.0 Å². The molecule has 0 radical (unpaired) electrons. The van der Waals surface area contributed by atoms with Gasteiger partial charge in [-0.05, 0) is 51.3 Å². The Morgan fingerprint density at radius 1 is 1.31 bits per heavy atom. The van der Waals surface area contributed by atoms with E-state index < -0.39 is 0 Å². The van der Waals surface area contributed by atoms with E-state index in [4.69, 9.17) is 0 Å². The summed E-state index contributed by atoms with van der Waals surface area (Å²) in [5.74, 6) is 0.738. The van der Waals surface area contributed by atoms with Gasteiger partial charge in [0.1, 0.15) is 0 Å². The molecule has 1 aromatic rings. The van der Waals surface area contributed by atoms with Gasteiger partial charge in [-0.15, -0.1) is 0 Å². The fraction of sp³-hybridized carbons (Fsp3) is 0.769. The molecule has 0 bridgehead atoms. The third-order valence-corrected chi connectivity index (χ3v) is 2.99. The molecule has 0 spiro atoms. The molecule has 3 heteroatoms. The SMILES string of the molecule is Cc1nn(C)c(C)c1CCCNCC(C)C. The van der Waals surface area contributed by atoms with Gasteiger partial charge in [-0.25, -0.2) is 0 Å². The molecule has 3 nitrogen and oxygen atoms in total. The maximum atomic E-state index is 4.43. The molecule has 0 aromatic carbocycles. The molecule has 0 aliphatic rings. The zero-order valence-corrected chi connectivity index (χ0v) is 11.3. The highest BCUT2D eigenvalue weighted by molar-refractivity contribution is 5.24. The molecule has 1 rings (SSSR count). The van der Waals surface area contributed by atoms with Gasteiger partial charge in [-0.1, -0.05) is 13.8 Å². The summed E-state index contributed by atoms with van der Waals surface area (Å²) in [6.07, 6.45) is 2.33. The van der Waals surface area contributed by atoms with Gasteiger partial charge >= 0.3 is 0 Å². The summed E-state index contributed by atoms with van der Waals surface area (Å²) in [6, 6.07) is 0. The van der Waals surface area contributed by atoms with Crippen molar-refractivity contribution in [3.63, 3.8) is 0 Å². The second-order valence-corrected chi connectivity index (χ2v) is 4.97. The van der Waals surface area contributed by atoms with E-state index in [9.17, 15) is 0 Å². The van der Waals surface area contributed by atoms with Crippen LogP contribution in [0.4, 0.5) is 0 Å². The van der Waals surface area contributed by atoms with Gasteiger partial charge in [0, 0.05) is 12.7 Å². The van der Waals surface area contributed by atoms with Crippen molar-refractivity contribution in [1.29, 1.82) is 0 Å². The van der Waals surface area contributed by atoms with Gasteiger partial charge in [0.15, 0.2) is 0 Å². The van der Waals surface area contributed by atoms with Crippen LogP contribution in [0.2, 0.25) is 0 Å². The van der Waals surface area contributed by atoms with Crippen LogP contribution in [-0.4, -0.2) is 22.9 Å². The molecule has 1 aromatic heterocycles. The fourth-order valence-corrected chi connectivity index (χ4v) is 1.96. The largest absolute Gasteiger partial charge is 0.316 e. The summed E-state index contributed by atoms with van der Waals surface area (Å²) in [6.45, 7) is 10.9. The van der Waals surface area contributed by atoms with Crippen LogP contribution in [0.15, 0.2) is 0 Å². The molecular weight excluding hydrogens is 198 g/mol. The Morgan fingerprint density at radius 2 is 2.00 bits per heavy atom. The lowest BCUT2D eigenvalue weighted by atomic mass is 10.1. The first-order chi connectivity index (χ1) is 7.52. The van der Waals surface area contributed by atoms with E-state index in [0.29, 0.717) is 0 Å². The second-order valence-electron chi connectivity index (χ2n) is 4.97. The number of aryl methyl sites for hydroxylation is 2. The zero-order chi connectivity index (χ0) is 12.1. The van der Waals surface area contributed by atoms with Crippen LogP contribution in [0.3, 0.4) is 0 Å². The number of hydrogen-bond acceptors (Lipinski definition) is 2. The first-order valence-electron chi connectivity index (χ1n) is 6.22. The number of aromatic nitrogens is 2. The molecule has 0 aliphatic carbocycles. The number of hydrogen-bond donors (Lipinski definition) is 1. The molecular formula is C13H25N3. The summed E-state index contributed by atoms with van der Waals surface area (Å²) in [7, 11) is 2.02. The predicted octanol–water partition coefficient (Wildman–Crippen LogP) is 2.22. The van der Waals surface area contributed by atoms with Gasteiger partial charge in [-0.3, -0.25) is 4.68 Å². The Balaban J connectivity index is 2.32. The van der Waals surface area contributed by atoms with Crippen LogP contribution in [0.25, 0.3) is 0 Å². The first-order valence-corrected chi connectivity index (χ1v) is 6.22. The zero-order valence-electron chi connectivity index (χ0n) is 11.3. The van der Waals surface area contributed by atoms with E-state index in [2.05, 4.69) is 38.1 Å². The number of rotatable bonds is 6. The van der Waals surface area contributed by atoms with Crippen LogP contribution >= 0.6 is 0 Å². The monoisotopic (exact) mass is 223 g/mol. The Kier molecular flexibility index (Phi) is 5.00. The summed E-state index contributed by atoms with van der Waals surface area (Å²) in [4.78, 5) is 0. The van der Waals surface area contributed by atoms with Crippen molar-refractivity contribution in [3.05, 3.63) is 17.0 Å². The van der Waals surface area contributed by atoms with Crippen LogP contribution in [0.1, 0.15) is 37.2 Å². The average Bonchev–Trinajstić information content (AvgIpc) is 2.43. The quantitative estimate of drug-likeness (QED) is 0.749. The van der Waals surface area contributed by atoms with E-state index in [1.807, 2.05) is 11.7 Å². The molecule has 0 saturated heterocycles. The van der Waals surface area contributed by atoms with Crippen LogP contribution in [0.5, 0.6) is 0 Å². The molecule has 0 amide bonds. The first kappa shape index (κ1) is 13.2. The second kappa shape index (κ2) is 6.04. The lowest BCUT2D eigenvalue weighted by Gasteiger charge is -2.07. The minimum absolute atomic E-state index is 0.738. The highest BCUT2D eigenvalue weighted by atomic mass is 15.3. The minimum atomic E-state index is 0.738. The fourth-order valence-electron chi connectivity index (χ4n) is 1.96. The van der Waals surface area contributed by atoms with E-state index in [-0.39, 0.29) is 0 Å². The molecule has 0 unspecified atom stereocenters. The summed E-state index contributed by atoms with van der Waals surface area (Å²) >= 11 is 0. The normalized spacial score (nSPS) is 11.4. The summed E-state index contributed by atoms with van der Waals surface area (Å²) in [5.41, 5.74) is 3.92. The van der Waals surface area contributed by atoms with Gasteiger partial charge in [0.05, 0.1) is 5.69 Å². The predicted molar refractivity (Wildman–Crippen MR) is 68.7 cm³/mol. The van der Waals surface area contributed by atoms with Crippen LogP contribution < -0.4 is 5.32 Å². The highest BCUT2D eigenvalue weighted by Crippen LogP contribution is 2.13. The summed E-state index contributed by atoms with van der Waals surface area (Å²) < 4.78 is 1.98. The molecule has 16 heavy (non-hydrogen) atoms. The molecule has 0 aliphatic heterocycles. The van der Waals surface area contributed by atoms with Crippen molar-refractivity contribution in [2.75, 3.05) is 13.1 Å². The highest BCUT2D eigenvalue weighted by Gasteiger charge is 2.08. The van der Waals surface area contributed by atoms with Gasteiger partial charge in [-0.2, -0.15) is 5.10 Å². The minimum Gasteiger partial charge on any atom is -0.316 e. The van der Waals surface area contributed by atoms with Gasteiger partial charge < -0.3 is 5.32 Å². The maximum absolute atomic E-state index is 4.43. The third-order valence-electron chi connectivity index (χ3n) is 2.99. The van der Waals surface area contributed by atoms with Crippen molar-refractivity contribution >= 4 is 0 Å². The molecule has 1 N–H and O–H groups in total. The van der Waals surface area contributed by atoms with Gasteiger partial charge in [0.2, 0.25) is 0 Å². The molecule has 0 saturated carbocycles. The van der Waals surface area contributed by atoms with E-state index in [1.54, 1.807) is 0 Å². The molecule has 0 atom stereocenters. The Labute approximate surface area is 99.2 Å². The van der Waals surface area contributed by atoms with E-state index in [0.717, 1.165) is 25.4 Å². The maximum Gasteiger partial charge on any atom is 0.0628 e. The van der Waals surface area contributed by atoms with Crippen LogP contribution in [-0.2, 0) is 13.5 Å². The molecule has 0 fully saturated rings. The van der Waals surface area contributed by atoms with Crippen molar-refractivity contribution in [2.45, 2.75) is 40.5 Å². The smallest absolute Gasteiger partial charge is 0.0628 e. The Hall–Kier alpha value is -0.830. The molecule has 1 heterocycles. The Morgan fingerprint density at radius 3 is 2.50 bits per heavy atom. The lowest BCUT2D eigenvalue weighted by molar-refractivity contribution is 0.542. The molecule has 92 valence electrons. The Bertz CT molecular complexity index is 326. The van der Waals surface area contributed by atoms with E-state index >= 15 is 0 Å². The van der Waals surface area contributed by atoms with Crippen molar-refractivity contribution < 1.29 is 0 Å². The van der Waals surface area contributed by atoms with Crippen molar-refractivity contribution in [3.8, 4) is 0 Å².